The minimum Gasteiger partial charge on any atom is -0.422 e. The normalized spacial score (nSPS) is 13.4. The molecule has 5 rings (SSSR count). The molecule has 2 aromatic heterocycles. The van der Waals surface area contributed by atoms with E-state index in [1.54, 1.807) is 7.11 Å². The predicted molar refractivity (Wildman–Crippen MR) is 152 cm³/mol. The summed E-state index contributed by atoms with van der Waals surface area (Å²) in [6.45, 7) is 0.368. The first-order valence-corrected chi connectivity index (χ1v) is 15.7. The fourth-order valence-corrected chi connectivity index (χ4v) is 7.47. The number of thiazole rings is 1. The summed E-state index contributed by atoms with van der Waals surface area (Å²) in [7, 11) is -2.40. The fraction of sp³-hybridized carbons (Fsp3) is 0.192. The van der Waals surface area contributed by atoms with E-state index < -0.39 is 37.9 Å². The number of ether oxygens (including phenoxy) is 1. The van der Waals surface area contributed by atoms with E-state index in [4.69, 9.17) is 13.7 Å². The van der Waals surface area contributed by atoms with Crippen LogP contribution in [0.3, 0.4) is 0 Å². The summed E-state index contributed by atoms with van der Waals surface area (Å²) in [6, 6.07) is 18.8. The summed E-state index contributed by atoms with van der Waals surface area (Å²) in [5.74, 6) is -1.12. The summed E-state index contributed by atoms with van der Waals surface area (Å²) in [6.07, 6.45) is 0. The molecule has 5 aromatic rings. The number of hydrazine groups is 1. The highest BCUT2D eigenvalue weighted by molar-refractivity contribution is 7.91. The molecule has 0 bridgehead atoms. The van der Waals surface area contributed by atoms with Gasteiger partial charge in [0.1, 0.15) is 10.8 Å². The van der Waals surface area contributed by atoms with Crippen LogP contribution in [0.15, 0.2) is 71.1 Å². The molecule has 3 aromatic carbocycles. The molecule has 15 heteroatoms. The first kappa shape index (κ1) is 29.1. The number of aromatic nitrogens is 3. The van der Waals surface area contributed by atoms with Gasteiger partial charge in [0.05, 0.1) is 29.1 Å². The van der Waals surface area contributed by atoms with E-state index in [-0.39, 0.29) is 23.3 Å². The first-order chi connectivity index (χ1) is 19.7. The van der Waals surface area contributed by atoms with Crippen LogP contribution >= 0.6 is 11.3 Å². The standard InChI is InChI=1S/C26H24FN5O6S3/c1-37-14-16-2-6-18(7-3-16)19-8-11-21-22(12-19)39-26(29-21)24(25-31-30-23(38-25)13-28-32-40(33)34)41(35,36)15-17-4-9-20(27)10-5-17/h2-12,24,28,32H,13-15H2,1H3,(H,33,34). The van der Waals surface area contributed by atoms with Crippen LogP contribution in [0, 0.1) is 5.82 Å². The average molecular weight is 618 g/mol. The van der Waals surface area contributed by atoms with Crippen molar-refractivity contribution in [2.24, 2.45) is 0 Å². The molecular formula is C26H24FN5O6S3. The van der Waals surface area contributed by atoms with E-state index in [0.29, 0.717) is 17.7 Å². The van der Waals surface area contributed by atoms with Gasteiger partial charge in [-0.3, -0.25) is 4.55 Å². The highest BCUT2D eigenvalue weighted by Gasteiger charge is 2.37. The van der Waals surface area contributed by atoms with Crippen molar-refractivity contribution in [1.29, 1.82) is 0 Å². The molecule has 3 N–H and O–H groups in total. The van der Waals surface area contributed by atoms with E-state index in [1.165, 1.54) is 35.6 Å². The molecular weight excluding hydrogens is 594 g/mol. The van der Waals surface area contributed by atoms with Crippen LogP contribution in [0.5, 0.6) is 0 Å². The van der Waals surface area contributed by atoms with Gasteiger partial charge in [0.15, 0.2) is 15.1 Å². The zero-order valence-corrected chi connectivity index (χ0v) is 23.9. The summed E-state index contributed by atoms with van der Waals surface area (Å²) in [4.78, 5) is 6.68. The predicted octanol–water partition coefficient (Wildman–Crippen LogP) is 4.07. The maximum absolute atomic E-state index is 13.8. The molecule has 0 aliphatic heterocycles. The topological polar surface area (TPSA) is 157 Å². The van der Waals surface area contributed by atoms with Crippen molar-refractivity contribution in [3.05, 3.63) is 100 Å². The SMILES string of the molecule is COCc1ccc(-c2ccc3nc(C(c4nnc(CNNS(=O)O)o4)S(=O)(=O)Cc4ccc(F)cc4)sc3c2)cc1. The van der Waals surface area contributed by atoms with Gasteiger partial charge in [0.25, 0.3) is 0 Å². The van der Waals surface area contributed by atoms with E-state index in [1.807, 2.05) is 42.5 Å². The molecule has 0 spiro atoms. The van der Waals surface area contributed by atoms with Crippen molar-refractivity contribution < 1.29 is 30.7 Å². The van der Waals surface area contributed by atoms with Crippen LogP contribution in [0.4, 0.5) is 4.39 Å². The third-order valence-electron chi connectivity index (χ3n) is 5.97. The highest BCUT2D eigenvalue weighted by Crippen LogP contribution is 2.38. The largest absolute Gasteiger partial charge is 0.422 e. The zero-order valence-electron chi connectivity index (χ0n) is 21.5. The molecule has 0 aliphatic carbocycles. The van der Waals surface area contributed by atoms with E-state index in [2.05, 4.69) is 25.4 Å². The van der Waals surface area contributed by atoms with Crippen molar-refractivity contribution in [2.45, 2.75) is 24.2 Å². The fourth-order valence-electron chi connectivity index (χ4n) is 4.12. The Balaban J connectivity index is 1.50. The smallest absolute Gasteiger partial charge is 0.245 e. The number of methoxy groups -OCH3 is 1. The molecule has 0 saturated carbocycles. The second-order valence-electron chi connectivity index (χ2n) is 8.92. The number of fused-ring (bicyclic) bond motifs is 1. The quantitative estimate of drug-likeness (QED) is 0.138. The lowest BCUT2D eigenvalue weighted by Crippen LogP contribution is -2.32. The van der Waals surface area contributed by atoms with Gasteiger partial charge in [-0.1, -0.05) is 42.5 Å². The van der Waals surface area contributed by atoms with Crippen molar-refractivity contribution in [3.63, 3.8) is 0 Å². The number of hydrogen-bond donors (Lipinski definition) is 3. The molecule has 214 valence electrons. The number of hydrogen-bond acceptors (Lipinski definition) is 10. The Kier molecular flexibility index (Phi) is 8.94. The Morgan fingerprint density at radius 3 is 2.46 bits per heavy atom. The maximum atomic E-state index is 13.8. The number of rotatable bonds is 12. The Hall–Kier alpha value is -3.44. The molecule has 0 radical (unpaired) electrons. The van der Waals surface area contributed by atoms with E-state index >= 15 is 0 Å². The minimum absolute atomic E-state index is 0.0137. The van der Waals surface area contributed by atoms with Gasteiger partial charge >= 0.3 is 0 Å². The summed E-state index contributed by atoms with van der Waals surface area (Å²) < 4.78 is 72.3. The van der Waals surface area contributed by atoms with E-state index in [9.17, 15) is 17.0 Å². The second-order valence-corrected chi connectivity index (χ2v) is 12.8. The monoisotopic (exact) mass is 617 g/mol. The summed E-state index contributed by atoms with van der Waals surface area (Å²) in [5, 5.41) is 6.67. The molecule has 0 aliphatic rings. The second kappa shape index (κ2) is 12.6. The summed E-state index contributed by atoms with van der Waals surface area (Å²) >= 11 is -1.13. The van der Waals surface area contributed by atoms with Crippen LogP contribution in [-0.4, -0.2) is 39.5 Å². The average Bonchev–Trinajstić information content (AvgIpc) is 3.57. The van der Waals surface area contributed by atoms with Gasteiger partial charge in [-0.15, -0.1) is 21.5 Å². The minimum atomic E-state index is -4.04. The molecule has 41 heavy (non-hydrogen) atoms. The Labute approximate surface area is 241 Å². The van der Waals surface area contributed by atoms with Crippen LogP contribution < -0.4 is 10.3 Å². The van der Waals surface area contributed by atoms with Crippen LogP contribution in [0.2, 0.25) is 0 Å². The lowest BCUT2D eigenvalue weighted by atomic mass is 10.0. The number of halogens is 1. The van der Waals surface area contributed by atoms with Gasteiger partial charge in [0, 0.05) is 7.11 Å². The Bertz CT molecular complexity index is 1780. The molecule has 2 heterocycles. The van der Waals surface area contributed by atoms with Crippen LogP contribution in [0.25, 0.3) is 21.3 Å². The Morgan fingerprint density at radius 1 is 1.05 bits per heavy atom. The van der Waals surface area contributed by atoms with Crippen LogP contribution in [-0.2, 0) is 44.7 Å². The molecule has 2 atom stereocenters. The maximum Gasteiger partial charge on any atom is 0.245 e. The first-order valence-electron chi connectivity index (χ1n) is 12.1. The van der Waals surface area contributed by atoms with Crippen molar-refractivity contribution in [3.8, 4) is 11.1 Å². The molecule has 0 fully saturated rings. The highest BCUT2D eigenvalue weighted by atomic mass is 32.2. The lowest BCUT2D eigenvalue weighted by molar-refractivity contribution is 0.185. The Morgan fingerprint density at radius 2 is 1.76 bits per heavy atom. The number of nitrogens with zero attached hydrogens (tertiary/aromatic N) is 3. The number of benzene rings is 3. The number of sulfone groups is 1. The van der Waals surface area contributed by atoms with Crippen molar-refractivity contribution >= 4 is 42.7 Å². The molecule has 0 amide bonds. The zero-order chi connectivity index (χ0) is 29.0. The van der Waals surface area contributed by atoms with Gasteiger partial charge in [-0.25, -0.2) is 27.4 Å². The van der Waals surface area contributed by atoms with Gasteiger partial charge in [0.2, 0.25) is 23.0 Å². The third-order valence-corrected chi connectivity index (χ3v) is 9.40. The third kappa shape index (κ3) is 7.08. The molecule has 2 unspecified atom stereocenters. The van der Waals surface area contributed by atoms with E-state index in [0.717, 1.165) is 21.4 Å². The molecule has 0 saturated heterocycles. The molecule has 11 nitrogen and oxygen atoms in total. The van der Waals surface area contributed by atoms with Crippen molar-refractivity contribution in [1.82, 2.24) is 25.4 Å². The van der Waals surface area contributed by atoms with Gasteiger partial charge < -0.3 is 9.15 Å². The lowest BCUT2D eigenvalue weighted by Gasteiger charge is -2.12. The van der Waals surface area contributed by atoms with Crippen molar-refractivity contribution in [2.75, 3.05) is 7.11 Å². The van der Waals surface area contributed by atoms with Gasteiger partial charge in [-0.05, 0) is 46.5 Å². The number of nitrogens with one attached hydrogen (secondary N) is 2. The summed E-state index contributed by atoms with van der Waals surface area (Å²) in [5.41, 5.74) is 6.37. The van der Waals surface area contributed by atoms with Gasteiger partial charge in [-0.2, -0.15) is 4.83 Å². The van der Waals surface area contributed by atoms with Crippen LogP contribution in [0.1, 0.15) is 33.2 Å².